The van der Waals surface area contributed by atoms with Gasteiger partial charge in [-0.2, -0.15) is 5.26 Å². The van der Waals surface area contributed by atoms with Gasteiger partial charge in [0.2, 0.25) is 5.91 Å². The normalized spacial score (nSPS) is 23.2. The molecule has 0 unspecified atom stereocenters. The lowest BCUT2D eigenvalue weighted by Gasteiger charge is -2.63. The smallest absolute Gasteiger partial charge is 0.254 e. The van der Waals surface area contributed by atoms with Crippen LogP contribution in [-0.2, 0) is 9.53 Å². The Labute approximate surface area is 352 Å². The molecule has 3 aromatic carbocycles. The first kappa shape index (κ1) is 42.7. The van der Waals surface area contributed by atoms with Crippen molar-refractivity contribution in [1.29, 1.82) is 5.26 Å². The molecule has 1 atom stereocenters. The molecule has 3 aliphatic heterocycles. The highest BCUT2D eigenvalue weighted by molar-refractivity contribution is 5.96. The van der Waals surface area contributed by atoms with Crippen LogP contribution in [0.2, 0.25) is 0 Å². The summed E-state index contributed by atoms with van der Waals surface area (Å²) in [5.74, 6) is 0.359. The molecule has 4 fully saturated rings. The Hall–Kier alpha value is -5.39. The van der Waals surface area contributed by atoms with Crippen LogP contribution in [0.15, 0.2) is 60.7 Å². The maximum Gasteiger partial charge on any atom is 0.254 e. The van der Waals surface area contributed by atoms with E-state index in [1.807, 2.05) is 24.3 Å². The lowest BCUT2D eigenvalue weighted by atomic mass is 9.49. The lowest BCUT2D eigenvalue weighted by molar-refractivity contribution is -0.164. The Balaban J connectivity index is 0.851. The molecule has 0 aromatic heterocycles. The highest BCUT2D eigenvalue weighted by atomic mass is 19.1. The van der Waals surface area contributed by atoms with Gasteiger partial charge < -0.3 is 40.0 Å². The van der Waals surface area contributed by atoms with Crippen molar-refractivity contribution in [3.8, 4) is 17.6 Å². The monoisotopic (exact) mass is 823 g/mol. The zero-order valence-electron chi connectivity index (χ0n) is 35.4. The molecule has 0 radical (unpaired) electrons. The van der Waals surface area contributed by atoms with Gasteiger partial charge in [0, 0.05) is 92.1 Å². The average Bonchev–Trinajstić information content (AvgIpc) is 3.24. The van der Waals surface area contributed by atoms with Crippen LogP contribution >= 0.6 is 0 Å². The number of piperazine rings is 1. The number of rotatable bonds is 11. The second-order valence-corrected chi connectivity index (χ2v) is 17.8. The number of nitriles is 1. The number of hydrogen-bond donors (Lipinski definition) is 3. The highest BCUT2D eigenvalue weighted by Crippen LogP contribution is 2.55. The molecule has 4 aliphatic rings. The molecule has 3 amide bonds. The Kier molecular flexibility index (Phi) is 12.9. The van der Waals surface area contributed by atoms with Crippen LogP contribution in [0.4, 0.5) is 15.8 Å². The number of carbonyl (C=O) groups excluding carboxylic acids is 3. The van der Waals surface area contributed by atoms with Crippen LogP contribution in [-0.4, -0.2) is 107 Å². The maximum absolute atomic E-state index is 14.8. The maximum atomic E-state index is 14.8. The predicted octanol–water partition coefficient (Wildman–Crippen LogP) is 5.34. The molecule has 13 nitrogen and oxygen atoms in total. The van der Waals surface area contributed by atoms with E-state index in [-0.39, 0.29) is 66.2 Å². The minimum Gasteiger partial charge on any atom is -0.495 e. The molecule has 7 rings (SSSR count). The topological polar surface area (TPSA) is 149 Å². The van der Waals surface area contributed by atoms with E-state index < -0.39 is 11.7 Å². The van der Waals surface area contributed by atoms with Crippen LogP contribution in [0.1, 0.15) is 79.7 Å². The summed E-state index contributed by atoms with van der Waals surface area (Å²) in [5.41, 5.74) is 2.31. The minimum atomic E-state index is -0.575. The molecule has 3 N–H and O–H groups in total. The second kappa shape index (κ2) is 18.1. The van der Waals surface area contributed by atoms with Crippen molar-refractivity contribution >= 4 is 29.1 Å². The van der Waals surface area contributed by atoms with Gasteiger partial charge in [-0.3, -0.25) is 19.3 Å². The van der Waals surface area contributed by atoms with Gasteiger partial charge in [-0.1, -0.05) is 27.7 Å². The van der Waals surface area contributed by atoms with Gasteiger partial charge in [0.25, 0.3) is 11.8 Å². The first-order valence-corrected chi connectivity index (χ1v) is 21.1. The highest BCUT2D eigenvalue weighted by Gasteiger charge is 2.64. The third-order valence-corrected chi connectivity index (χ3v) is 13.0. The van der Waals surface area contributed by atoms with E-state index in [1.54, 1.807) is 30.3 Å². The lowest BCUT2D eigenvalue weighted by Crippen LogP contribution is -2.74. The van der Waals surface area contributed by atoms with Crippen LogP contribution in [0.25, 0.3) is 0 Å². The van der Waals surface area contributed by atoms with E-state index in [1.165, 1.54) is 13.2 Å². The van der Waals surface area contributed by atoms with E-state index in [0.29, 0.717) is 35.0 Å². The molecule has 14 heteroatoms. The van der Waals surface area contributed by atoms with Gasteiger partial charge in [0.15, 0.2) is 0 Å². The Bertz CT molecular complexity index is 2060. The molecule has 0 bridgehead atoms. The van der Waals surface area contributed by atoms with Gasteiger partial charge in [0.1, 0.15) is 36.2 Å². The fraction of sp³-hybridized carbons (Fsp3) is 0.522. The Morgan fingerprint density at radius 1 is 0.883 bits per heavy atom. The summed E-state index contributed by atoms with van der Waals surface area (Å²) >= 11 is 0. The molecule has 3 aromatic rings. The van der Waals surface area contributed by atoms with Crippen LogP contribution in [0.5, 0.6) is 11.5 Å². The summed E-state index contributed by atoms with van der Waals surface area (Å²) in [6.45, 7) is 15.1. The number of piperidine rings is 1. The fourth-order valence-corrected chi connectivity index (χ4v) is 9.81. The number of nitrogens with one attached hydrogen (secondary N) is 3. The van der Waals surface area contributed by atoms with Crippen molar-refractivity contribution in [2.75, 3.05) is 76.1 Å². The van der Waals surface area contributed by atoms with E-state index in [0.717, 1.165) is 70.0 Å². The predicted molar refractivity (Wildman–Crippen MR) is 227 cm³/mol. The molecule has 60 heavy (non-hydrogen) atoms. The van der Waals surface area contributed by atoms with E-state index in [2.05, 4.69) is 64.4 Å². The van der Waals surface area contributed by atoms with Gasteiger partial charge >= 0.3 is 0 Å². The van der Waals surface area contributed by atoms with Gasteiger partial charge in [-0.15, -0.1) is 0 Å². The summed E-state index contributed by atoms with van der Waals surface area (Å²) in [6.07, 6.45) is 2.69. The van der Waals surface area contributed by atoms with E-state index >= 15 is 0 Å². The summed E-state index contributed by atoms with van der Waals surface area (Å²) in [5, 5.41) is 18.1. The van der Waals surface area contributed by atoms with Crippen LogP contribution in [0, 0.1) is 33.9 Å². The first-order valence-electron chi connectivity index (χ1n) is 21.1. The molecule has 320 valence electrons. The fourth-order valence-electron chi connectivity index (χ4n) is 9.81. The molecule has 1 aliphatic carbocycles. The van der Waals surface area contributed by atoms with Crippen molar-refractivity contribution < 1.29 is 33.0 Å². The third kappa shape index (κ3) is 9.32. The summed E-state index contributed by atoms with van der Waals surface area (Å²) < 4.78 is 32.1. The number of amides is 3. The molecule has 3 saturated heterocycles. The molecular formula is C46H58FN7O6. The molecule has 1 saturated carbocycles. The largest absolute Gasteiger partial charge is 0.495 e. The molecule has 3 heterocycles. The number of methoxy groups -OCH3 is 1. The van der Waals surface area contributed by atoms with Crippen LogP contribution in [0.3, 0.4) is 0 Å². The third-order valence-electron chi connectivity index (χ3n) is 13.0. The number of benzene rings is 3. The molecular weight excluding hydrogens is 766 g/mol. The summed E-state index contributed by atoms with van der Waals surface area (Å²) in [7, 11) is 1.53. The van der Waals surface area contributed by atoms with E-state index in [9.17, 15) is 24.0 Å². The van der Waals surface area contributed by atoms with Crippen molar-refractivity contribution in [3.63, 3.8) is 0 Å². The van der Waals surface area contributed by atoms with Crippen molar-refractivity contribution in [3.05, 3.63) is 83.2 Å². The summed E-state index contributed by atoms with van der Waals surface area (Å²) in [6, 6.07) is 19.5. The van der Waals surface area contributed by atoms with Crippen molar-refractivity contribution in [1.82, 2.24) is 20.9 Å². The average molecular weight is 824 g/mol. The SMILES string of the molecule is COc1cc(O[C@H]2C(C)(C)[C@H](NC(=O)c3ccc(N4CCC(CN5CCN(c6ccc(F)c(C(=O)N[C@H]7CCC(=O)NCOC7)c6)CC5)CC4)cc3)C2(C)C)ccc1C#N. The van der Waals surface area contributed by atoms with Gasteiger partial charge in [-0.25, -0.2) is 4.39 Å². The number of nitrogens with zero attached hydrogens (tertiary/aromatic N) is 4. The zero-order valence-corrected chi connectivity index (χ0v) is 35.4. The second-order valence-electron chi connectivity index (χ2n) is 17.8. The van der Waals surface area contributed by atoms with Crippen LogP contribution < -0.4 is 35.2 Å². The van der Waals surface area contributed by atoms with Crippen molar-refractivity contribution in [2.24, 2.45) is 16.7 Å². The van der Waals surface area contributed by atoms with E-state index in [4.69, 9.17) is 14.2 Å². The summed E-state index contributed by atoms with van der Waals surface area (Å²) in [4.78, 5) is 45.5. The van der Waals surface area contributed by atoms with Gasteiger partial charge in [-0.05, 0) is 79.8 Å². The number of carbonyl (C=O) groups is 3. The standard InChI is InChI=1S/C46H58FN7O6/c1-45(2)43(46(3,4)44(45)60-36-13-8-32(26-48)39(25-36)58-5)51-41(56)31-6-10-34(11-7-31)53-18-16-30(17-19-53)27-52-20-22-54(23-21-52)35-12-14-38(47)37(24-35)42(57)50-33-9-15-40(55)49-29-59-28-33/h6-8,10-14,24-25,30,33,43-44H,9,15-23,27-29H2,1-5H3,(H,49,55)(H,50,57)(H,51,56)/t33-,43-,44-/m0/s1. The van der Waals surface area contributed by atoms with Crippen molar-refractivity contribution in [2.45, 2.75) is 71.6 Å². The Morgan fingerprint density at radius 3 is 2.25 bits per heavy atom. The number of anilines is 2. The van der Waals surface area contributed by atoms with Gasteiger partial charge in [0.05, 0.1) is 30.9 Å². The number of hydrogen-bond acceptors (Lipinski definition) is 10. The minimum absolute atomic E-state index is 0.00304. The molecule has 0 spiro atoms. The first-order chi connectivity index (χ1) is 28.8. The zero-order chi connectivity index (χ0) is 42.6. The number of ether oxygens (including phenoxy) is 3. The number of halogens is 1. The quantitative estimate of drug-likeness (QED) is 0.232. The Morgan fingerprint density at radius 2 is 1.57 bits per heavy atom.